The summed E-state index contributed by atoms with van der Waals surface area (Å²) in [6.07, 6.45) is 0. The molecule has 0 aliphatic rings. The van der Waals surface area contributed by atoms with Crippen molar-refractivity contribution in [2.75, 3.05) is 7.11 Å². The van der Waals surface area contributed by atoms with Crippen molar-refractivity contribution in [2.45, 2.75) is 6.92 Å². The van der Waals surface area contributed by atoms with Gasteiger partial charge >= 0.3 is 0 Å². The van der Waals surface area contributed by atoms with Gasteiger partial charge in [-0.05, 0) is 42.3 Å². The molecule has 0 saturated heterocycles. The number of benzene rings is 2. The van der Waals surface area contributed by atoms with Crippen molar-refractivity contribution in [2.24, 2.45) is 0 Å². The first-order valence-corrected chi connectivity index (χ1v) is 5.94. The number of hydrogen-bond acceptors (Lipinski definition) is 2. The second-order valence-electron chi connectivity index (χ2n) is 3.98. The molecule has 0 atom stereocenters. The second kappa shape index (κ2) is 5.23. The van der Waals surface area contributed by atoms with E-state index in [9.17, 15) is 4.79 Å². The van der Waals surface area contributed by atoms with Gasteiger partial charge in [-0.15, -0.1) is 0 Å². The van der Waals surface area contributed by atoms with Crippen LogP contribution in [0.2, 0.25) is 5.02 Å². The fourth-order valence-corrected chi connectivity index (χ4v) is 1.93. The summed E-state index contributed by atoms with van der Waals surface area (Å²) in [6.45, 7) is 1.53. The molecule has 2 aromatic rings. The summed E-state index contributed by atoms with van der Waals surface area (Å²) in [5.74, 6) is 0.586. The van der Waals surface area contributed by atoms with Crippen molar-refractivity contribution in [3.8, 4) is 16.9 Å². The SMILES string of the molecule is COc1ccc(-c2ccc(Cl)cc2)cc1C(C)=O. The molecule has 0 N–H and O–H groups in total. The fourth-order valence-electron chi connectivity index (χ4n) is 1.81. The molecule has 0 unspecified atom stereocenters. The summed E-state index contributed by atoms with van der Waals surface area (Å²) in [5.41, 5.74) is 2.58. The van der Waals surface area contributed by atoms with Gasteiger partial charge in [-0.1, -0.05) is 29.8 Å². The van der Waals surface area contributed by atoms with Gasteiger partial charge in [0.15, 0.2) is 5.78 Å². The van der Waals surface area contributed by atoms with Gasteiger partial charge in [0, 0.05) is 5.02 Å². The highest BCUT2D eigenvalue weighted by atomic mass is 35.5. The van der Waals surface area contributed by atoms with Gasteiger partial charge in [0.25, 0.3) is 0 Å². The number of rotatable bonds is 3. The molecule has 2 aromatic carbocycles. The first-order valence-electron chi connectivity index (χ1n) is 5.56. The number of ketones is 1. The van der Waals surface area contributed by atoms with Gasteiger partial charge in [0.1, 0.15) is 5.75 Å². The Kier molecular flexibility index (Phi) is 3.68. The Balaban J connectivity index is 2.49. The van der Waals surface area contributed by atoms with Gasteiger partial charge in [-0.3, -0.25) is 4.79 Å². The molecule has 0 spiro atoms. The fraction of sp³-hybridized carbons (Fsp3) is 0.133. The van der Waals surface area contributed by atoms with E-state index in [1.165, 1.54) is 6.92 Å². The molecule has 0 fully saturated rings. The maximum absolute atomic E-state index is 11.6. The number of hydrogen-bond donors (Lipinski definition) is 0. The number of halogens is 1. The largest absolute Gasteiger partial charge is 0.496 e. The van der Waals surface area contributed by atoms with Crippen molar-refractivity contribution in [3.05, 3.63) is 53.1 Å². The molecule has 0 bridgehead atoms. The Bertz CT molecular complexity index is 574. The Morgan fingerprint density at radius 1 is 1.06 bits per heavy atom. The molecule has 0 amide bonds. The summed E-state index contributed by atoms with van der Waals surface area (Å²) < 4.78 is 5.17. The minimum Gasteiger partial charge on any atom is -0.496 e. The first-order chi connectivity index (χ1) is 8.61. The number of ether oxygens (including phenoxy) is 1. The molecule has 0 aromatic heterocycles. The van der Waals surface area contributed by atoms with E-state index in [0.717, 1.165) is 11.1 Å². The molecule has 0 aliphatic heterocycles. The van der Waals surface area contributed by atoms with Crippen LogP contribution in [0.1, 0.15) is 17.3 Å². The molecule has 0 heterocycles. The molecule has 0 radical (unpaired) electrons. The van der Waals surface area contributed by atoms with Crippen molar-refractivity contribution < 1.29 is 9.53 Å². The standard InChI is InChI=1S/C15H13ClO2/c1-10(17)14-9-12(5-8-15(14)18-2)11-3-6-13(16)7-4-11/h3-9H,1-2H3. The smallest absolute Gasteiger partial charge is 0.163 e. The van der Waals surface area contributed by atoms with Crippen molar-refractivity contribution in [1.82, 2.24) is 0 Å². The van der Waals surface area contributed by atoms with Gasteiger partial charge in [-0.2, -0.15) is 0 Å². The Morgan fingerprint density at radius 3 is 2.22 bits per heavy atom. The minimum absolute atomic E-state index is 0.0114. The third-order valence-electron chi connectivity index (χ3n) is 2.76. The van der Waals surface area contributed by atoms with Gasteiger partial charge in [0.2, 0.25) is 0 Å². The number of carbonyl (C=O) groups is 1. The topological polar surface area (TPSA) is 26.3 Å². The van der Waals surface area contributed by atoms with Crippen LogP contribution < -0.4 is 4.74 Å². The molecule has 18 heavy (non-hydrogen) atoms. The minimum atomic E-state index is -0.0114. The van der Waals surface area contributed by atoms with Crippen LogP contribution in [-0.2, 0) is 0 Å². The summed E-state index contributed by atoms with van der Waals surface area (Å²) >= 11 is 5.85. The molecular formula is C15H13ClO2. The van der Waals surface area contributed by atoms with Crippen molar-refractivity contribution >= 4 is 17.4 Å². The first kappa shape index (κ1) is 12.7. The number of methoxy groups -OCH3 is 1. The van der Waals surface area contributed by atoms with Gasteiger partial charge in [-0.25, -0.2) is 0 Å². The van der Waals surface area contributed by atoms with Crippen LogP contribution in [0.25, 0.3) is 11.1 Å². The average Bonchev–Trinajstić information content (AvgIpc) is 2.39. The summed E-state index contributed by atoms with van der Waals surface area (Å²) in [6, 6.07) is 13.1. The normalized spacial score (nSPS) is 10.2. The highest BCUT2D eigenvalue weighted by Gasteiger charge is 2.09. The number of carbonyl (C=O) groups excluding carboxylic acids is 1. The van der Waals surface area contributed by atoms with E-state index in [0.29, 0.717) is 16.3 Å². The van der Waals surface area contributed by atoms with Crippen LogP contribution in [0.4, 0.5) is 0 Å². The molecular weight excluding hydrogens is 248 g/mol. The van der Waals surface area contributed by atoms with Gasteiger partial charge < -0.3 is 4.74 Å². The van der Waals surface area contributed by atoms with Crippen LogP contribution in [0, 0.1) is 0 Å². The Morgan fingerprint density at radius 2 is 1.67 bits per heavy atom. The quantitative estimate of drug-likeness (QED) is 0.773. The second-order valence-corrected chi connectivity index (χ2v) is 4.41. The van der Waals surface area contributed by atoms with Crippen molar-refractivity contribution in [3.63, 3.8) is 0 Å². The van der Waals surface area contributed by atoms with E-state index in [1.54, 1.807) is 13.2 Å². The lowest BCUT2D eigenvalue weighted by molar-refractivity contribution is 0.101. The monoisotopic (exact) mass is 260 g/mol. The van der Waals surface area contributed by atoms with E-state index >= 15 is 0 Å². The van der Waals surface area contributed by atoms with E-state index in [4.69, 9.17) is 16.3 Å². The van der Waals surface area contributed by atoms with Gasteiger partial charge in [0.05, 0.1) is 12.7 Å². The zero-order valence-electron chi connectivity index (χ0n) is 10.2. The molecule has 2 nitrogen and oxygen atoms in total. The highest BCUT2D eigenvalue weighted by Crippen LogP contribution is 2.27. The maximum atomic E-state index is 11.6. The lowest BCUT2D eigenvalue weighted by Gasteiger charge is -2.08. The third-order valence-corrected chi connectivity index (χ3v) is 3.01. The molecule has 0 saturated carbocycles. The van der Waals surface area contributed by atoms with E-state index in [-0.39, 0.29) is 5.78 Å². The lowest BCUT2D eigenvalue weighted by Crippen LogP contribution is -1.97. The predicted molar refractivity (Wildman–Crippen MR) is 73.4 cm³/mol. The molecule has 3 heteroatoms. The molecule has 2 rings (SSSR count). The van der Waals surface area contributed by atoms with Crippen LogP contribution in [-0.4, -0.2) is 12.9 Å². The van der Waals surface area contributed by atoms with E-state index in [1.807, 2.05) is 36.4 Å². The summed E-state index contributed by atoms with van der Waals surface area (Å²) in [4.78, 5) is 11.6. The third kappa shape index (κ3) is 2.54. The Hall–Kier alpha value is -1.80. The zero-order chi connectivity index (χ0) is 13.1. The molecule has 92 valence electrons. The maximum Gasteiger partial charge on any atom is 0.163 e. The predicted octanol–water partition coefficient (Wildman–Crippen LogP) is 4.22. The molecule has 0 aliphatic carbocycles. The van der Waals surface area contributed by atoms with Crippen LogP contribution >= 0.6 is 11.6 Å². The van der Waals surface area contributed by atoms with Crippen LogP contribution in [0.15, 0.2) is 42.5 Å². The zero-order valence-corrected chi connectivity index (χ0v) is 11.0. The van der Waals surface area contributed by atoms with Crippen LogP contribution in [0.5, 0.6) is 5.75 Å². The van der Waals surface area contributed by atoms with E-state index < -0.39 is 0 Å². The van der Waals surface area contributed by atoms with Crippen molar-refractivity contribution in [1.29, 1.82) is 0 Å². The Labute approximate surface area is 111 Å². The van der Waals surface area contributed by atoms with Crippen LogP contribution in [0.3, 0.4) is 0 Å². The summed E-state index contributed by atoms with van der Waals surface area (Å²) in [5, 5.41) is 0.694. The highest BCUT2D eigenvalue weighted by molar-refractivity contribution is 6.30. The average molecular weight is 261 g/mol. The summed E-state index contributed by atoms with van der Waals surface area (Å²) in [7, 11) is 1.56. The lowest BCUT2D eigenvalue weighted by atomic mass is 10.0. The number of Topliss-reactive ketones (excluding diaryl/α,β-unsaturated/α-hetero) is 1. The van der Waals surface area contributed by atoms with E-state index in [2.05, 4.69) is 0 Å².